The van der Waals surface area contributed by atoms with Crippen LogP contribution in [0, 0.1) is 0 Å². The van der Waals surface area contributed by atoms with E-state index in [1.165, 1.54) is 18.2 Å². The Labute approximate surface area is 106 Å². The molecule has 8 nitrogen and oxygen atoms in total. The molecule has 0 unspecified atom stereocenters. The zero-order chi connectivity index (χ0) is 13.8. The number of carbonyl (C=O) groups excluding carboxylic acids is 1. The fourth-order valence-corrected chi connectivity index (χ4v) is 1.41. The highest BCUT2D eigenvalue weighted by atomic mass is 16.6. The van der Waals surface area contributed by atoms with E-state index in [9.17, 15) is 14.7 Å². The number of hydrogen-bond acceptors (Lipinski definition) is 5. The first-order valence-corrected chi connectivity index (χ1v) is 5.21. The van der Waals surface area contributed by atoms with Crippen molar-refractivity contribution in [3.8, 4) is 5.95 Å². The van der Waals surface area contributed by atoms with Crippen LogP contribution >= 0.6 is 0 Å². The molecule has 1 heterocycles. The molecule has 1 aromatic carbocycles. The maximum atomic E-state index is 11.6. The standard InChI is InChI=1S/C11H9N3O5/c15-9(5-14-6-10(16)19-13-14)12-8-3-1-2-7(4-8)11(17)18/h1-4,6H,5H2,(H2-,12,13,15,16,17,18). The van der Waals surface area contributed by atoms with Crippen molar-refractivity contribution < 1.29 is 29.0 Å². The fraction of sp³-hybridized carbons (Fsp3) is 0.0909. The lowest BCUT2D eigenvalue weighted by atomic mass is 10.2. The third kappa shape index (κ3) is 3.28. The summed E-state index contributed by atoms with van der Waals surface area (Å²) in [7, 11) is 0. The van der Waals surface area contributed by atoms with E-state index in [0.717, 1.165) is 10.9 Å². The Morgan fingerprint density at radius 2 is 2.26 bits per heavy atom. The van der Waals surface area contributed by atoms with Crippen molar-refractivity contribution in [2.45, 2.75) is 6.54 Å². The van der Waals surface area contributed by atoms with Gasteiger partial charge in [-0.3, -0.25) is 4.79 Å². The largest absolute Gasteiger partial charge is 0.539 e. The van der Waals surface area contributed by atoms with E-state index in [-0.39, 0.29) is 12.1 Å². The molecule has 98 valence electrons. The predicted molar refractivity (Wildman–Crippen MR) is 58.2 cm³/mol. The third-order valence-electron chi connectivity index (χ3n) is 2.19. The lowest BCUT2D eigenvalue weighted by molar-refractivity contribution is -0.750. The number of aromatic nitrogens is 2. The first kappa shape index (κ1) is 12.6. The quantitative estimate of drug-likeness (QED) is 0.709. The molecule has 0 saturated heterocycles. The van der Waals surface area contributed by atoms with Gasteiger partial charge >= 0.3 is 5.97 Å². The Hall–Kier alpha value is -2.90. The predicted octanol–water partition coefficient (Wildman–Crippen LogP) is -0.627. The number of nitrogens with zero attached hydrogens (tertiary/aromatic N) is 2. The molecule has 0 spiro atoms. The number of carboxylic acids is 1. The Morgan fingerprint density at radius 1 is 1.47 bits per heavy atom. The molecule has 0 atom stereocenters. The maximum absolute atomic E-state index is 11.6. The summed E-state index contributed by atoms with van der Waals surface area (Å²) in [5.74, 6) is -2.19. The Bertz CT molecular complexity index is 622. The molecular weight excluding hydrogens is 254 g/mol. The number of rotatable bonds is 4. The minimum absolute atomic E-state index is 0.0636. The van der Waals surface area contributed by atoms with Gasteiger partial charge in [0.05, 0.1) is 10.8 Å². The lowest BCUT2D eigenvalue weighted by Gasteiger charge is -2.02. The molecule has 0 aliphatic heterocycles. The first-order chi connectivity index (χ1) is 9.04. The van der Waals surface area contributed by atoms with Gasteiger partial charge in [-0.15, -0.1) is 0 Å². The average Bonchev–Trinajstić information content (AvgIpc) is 2.74. The van der Waals surface area contributed by atoms with Gasteiger partial charge in [-0.05, 0) is 18.2 Å². The van der Waals surface area contributed by atoms with Crippen LogP contribution < -0.4 is 15.1 Å². The second kappa shape index (κ2) is 5.17. The number of carboxylic acid groups (broad SMARTS) is 1. The van der Waals surface area contributed by atoms with Crippen LogP contribution in [0.2, 0.25) is 0 Å². The smallest absolute Gasteiger partial charge is 0.335 e. The van der Waals surface area contributed by atoms with Gasteiger partial charge in [-0.1, -0.05) is 10.7 Å². The van der Waals surface area contributed by atoms with Gasteiger partial charge in [0, 0.05) is 5.69 Å². The highest BCUT2D eigenvalue weighted by Crippen LogP contribution is 2.10. The van der Waals surface area contributed by atoms with Crippen molar-refractivity contribution in [2.24, 2.45) is 0 Å². The summed E-state index contributed by atoms with van der Waals surface area (Å²) in [4.78, 5) is 22.4. The molecule has 0 aliphatic rings. The Morgan fingerprint density at radius 3 is 2.89 bits per heavy atom. The molecule has 0 saturated carbocycles. The number of amides is 1. The Balaban J connectivity index is 2.02. The summed E-state index contributed by atoms with van der Waals surface area (Å²) in [6.07, 6.45) is 1.03. The van der Waals surface area contributed by atoms with Gasteiger partial charge in [-0.25, -0.2) is 4.79 Å². The second-order valence-electron chi connectivity index (χ2n) is 3.65. The summed E-state index contributed by atoms with van der Waals surface area (Å²) in [6, 6.07) is 5.80. The van der Waals surface area contributed by atoms with E-state index in [0.29, 0.717) is 5.69 Å². The summed E-state index contributed by atoms with van der Waals surface area (Å²) in [5.41, 5.74) is 0.407. The normalized spacial score (nSPS) is 10.1. The van der Waals surface area contributed by atoms with Crippen LogP contribution in [0.1, 0.15) is 10.4 Å². The number of aromatic carboxylic acids is 1. The van der Waals surface area contributed by atoms with Crippen molar-refractivity contribution in [3.63, 3.8) is 0 Å². The van der Waals surface area contributed by atoms with Crippen LogP contribution in [-0.4, -0.2) is 22.3 Å². The number of benzene rings is 1. The molecule has 19 heavy (non-hydrogen) atoms. The van der Waals surface area contributed by atoms with Gasteiger partial charge in [0.1, 0.15) is 5.95 Å². The molecule has 2 aromatic rings. The lowest BCUT2D eigenvalue weighted by Crippen LogP contribution is -2.41. The van der Waals surface area contributed by atoms with Gasteiger partial charge < -0.3 is 20.1 Å². The van der Waals surface area contributed by atoms with Gasteiger partial charge in [0.25, 0.3) is 12.5 Å². The fourth-order valence-electron chi connectivity index (χ4n) is 1.41. The van der Waals surface area contributed by atoms with E-state index in [1.807, 2.05) is 0 Å². The summed E-state index contributed by atoms with van der Waals surface area (Å²) in [6.45, 7) is -0.205. The van der Waals surface area contributed by atoms with Crippen LogP contribution in [0.5, 0.6) is 5.95 Å². The monoisotopic (exact) mass is 263 g/mol. The number of carbonyl (C=O) groups is 2. The first-order valence-electron chi connectivity index (χ1n) is 5.21. The summed E-state index contributed by atoms with van der Waals surface area (Å²) in [5, 5.41) is 25.3. The molecular formula is C11H9N3O5. The zero-order valence-electron chi connectivity index (χ0n) is 9.57. The number of hydrogen-bond donors (Lipinski definition) is 2. The maximum Gasteiger partial charge on any atom is 0.335 e. The molecule has 1 amide bonds. The molecule has 0 bridgehead atoms. The molecule has 0 radical (unpaired) electrons. The number of anilines is 1. The van der Waals surface area contributed by atoms with Crippen molar-refractivity contribution in [2.75, 3.05) is 5.32 Å². The van der Waals surface area contributed by atoms with Crippen molar-refractivity contribution in [1.29, 1.82) is 0 Å². The average molecular weight is 263 g/mol. The van der Waals surface area contributed by atoms with E-state index in [2.05, 4.69) is 15.1 Å². The molecule has 1 aromatic heterocycles. The highest BCUT2D eigenvalue weighted by Gasteiger charge is 2.12. The van der Waals surface area contributed by atoms with Crippen LogP contribution in [0.25, 0.3) is 0 Å². The van der Waals surface area contributed by atoms with Crippen molar-refractivity contribution in [3.05, 3.63) is 36.0 Å². The van der Waals surface area contributed by atoms with Crippen LogP contribution in [0.4, 0.5) is 5.69 Å². The van der Waals surface area contributed by atoms with E-state index >= 15 is 0 Å². The van der Waals surface area contributed by atoms with E-state index < -0.39 is 17.8 Å². The van der Waals surface area contributed by atoms with Crippen LogP contribution in [-0.2, 0) is 11.3 Å². The van der Waals surface area contributed by atoms with E-state index in [1.54, 1.807) is 6.07 Å². The molecule has 2 N–H and O–H groups in total. The minimum Gasteiger partial charge on any atom is -0.539 e. The van der Waals surface area contributed by atoms with E-state index in [4.69, 9.17) is 5.11 Å². The second-order valence-corrected chi connectivity index (χ2v) is 3.65. The molecule has 2 rings (SSSR count). The topological polar surface area (TPSA) is 119 Å². The summed E-state index contributed by atoms with van der Waals surface area (Å²) < 4.78 is 5.31. The third-order valence-corrected chi connectivity index (χ3v) is 2.19. The van der Waals surface area contributed by atoms with Gasteiger partial charge in [0.2, 0.25) is 6.20 Å². The van der Waals surface area contributed by atoms with Crippen molar-refractivity contribution >= 4 is 17.6 Å². The molecule has 8 heteroatoms. The van der Waals surface area contributed by atoms with Crippen LogP contribution in [0.15, 0.2) is 35.0 Å². The minimum atomic E-state index is -1.09. The highest BCUT2D eigenvalue weighted by molar-refractivity contribution is 5.93. The molecule has 0 fully saturated rings. The Kier molecular flexibility index (Phi) is 3.42. The summed E-state index contributed by atoms with van der Waals surface area (Å²) >= 11 is 0. The number of nitrogens with one attached hydrogen (secondary N) is 1. The molecule has 0 aliphatic carbocycles. The zero-order valence-corrected chi connectivity index (χ0v) is 9.57. The van der Waals surface area contributed by atoms with Gasteiger partial charge in [-0.2, -0.15) is 0 Å². The van der Waals surface area contributed by atoms with Crippen LogP contribution in [0.3, 0.4) is 0 Å². The van der Waals surface area contributed by atoms with Crippen molar-refractivity contribution in [1.82, 2.24) is 5.27 Å². The SMILES string of the molecule is O=C(C[n+]1cc([O-])on1)Nc1cccc(C(=O)O)c1. The van der Waals surface area contributed by atoms with Gasteiger partial charge in [0.15, 0.2) is 0 Å².